The summed E-state index contributed by atoms with van der Waals surface area (Å²) in [5.74, 6) is -1.06. The zero-order chi connectivity index (χ0) is 14.1. The summed E-state index contributed by atoms with van der Waals surface area (Å²) >= 11 is 0. The minimum Gasteiger partial charge on any atom is -0.481 e. The van der Waals surface area contributed by atoms with Crippen molar-refractivity contribution in [2.24, 2.45) is 11.8 Å². The summed E-state index contributed by atoms with van der Waals surface area (Å²) in [6, 6.07) is 4.11. The first-order valence-electron chi connectivity index (χ1n) is 7.33. The molecule has 1 amide bonds. The smallest absolute Gasteiger partial charge is 0.306 e. The van der Waals surface area contributed by atoms with E-state index in [1.807, 2.05) is 23.2 Å². The molecule has 5 nitrogen and oxygen atoms in total. The van der Waals surface area contributed by atoms with Crippen LogP contribution in [0.25, 0.3) is 0 Å². The highest BCUT2D eigenvalue weighted by Crippen LogP contribution is 2.37. The Balaban J connectivity index is 1.69. The van der Waals surface area contributed by atoms with Gasteiger partial charge in [0.2, 0.25) is 5.91 Å². The van der Waals surface area contributed by atoms with Crippen LogP contribution in [0.1, 0.15) is 43.8 Å². The fraction of sp³-hybridized carbons (Fsp3) is 0.600. The fourth-order valence-corrected chi connectivity index (χ4v) is 3.57. The third-order valence-electron chi connectivity index (χ3n) is 4.65. The predicted octanol–water partition coefficient (Wildman–Crippen LogP) is 2.18. The molecule has 1 saturated carbocycles. The number of carboxylic acids is 1. The average Bonchev–Trinajstić information content (AvgIpc) is 3.17. The van der Waals surface area contributed by atoms with Gasteiger partial charge >= 0.3 is 5.97 Å². The van der Waals surface area contributed by atoms with Crippen LogP contribution in [-0.4, -0.2) is 33.4 Å². The van der Waals surface area contributed by atoms with Gasteiger partial charge in [0.15, 0.2) is 0 Å². The molecule has 0 aromatic carbocycles. The number of H-pyrrole nitrogens is 1. The molecule has 1 aromatic rings. The Bertz CT molecular complexity index is 497. The van der Waals surface area contributed by atoms with Gasteiger partial charge in [-0.2, -0.15) is 0 Å². The number of rotatable bonds is 3. The summed E-state index contributed by atoms with van der Waals surface area (Å²) in [6.07, 6.45) is 5.73. The molecule has 0 radical (unpaired) electrons. The van der Waals surface area contributed by atoms with Gasteiger partial charge in [0.05, 0.1) is 12.0 Å². The van der Waals surface area contributed by atoms with Gasteiger partial charge in [-0.05, 0) is 44.2 Å². The maximum Gasteiger partial charge on any atom is 0.306 e. The predicted molar refractivity (Wildman–Crippen MR) is 72.9 cm³/mol. The van der Waals surface area contributed by atoms with Crippen LogP contribution < -0.4 is 0 Å². The highest BCUT2D eigenvalue weighted by atomic mass is 16.4. The van der Waals surface area contributed by atoms with E-state index in [1.165, 1.54) is 0 Å². The van der Waals surface area contributed by atoms with Crippen molar-refractivity contribution >= 4 is 11.9 Å². The van der Waals surface area contributed by atoms with Crippen LogP contribution >= 0.6 is 0 Å². The lowest BCUT2D eigenvalue weighted by molar-refractivity contribution is -0.141. The highest BCUT2D eigenvalue weighted by Gasteiger charge is 2.39. The Morgan fingerprint density at radius 3 is 2.70 bits per heavy atom. The van der Waals surface area contributed by atoms with E-state index >= 15 is 0 Å². The number of amides is 1. The van der Waals surface area contributed by atoms with Crippen LogP contribution in [0.2, 0.25) is 0 Å². The topological polar surface area (TPSA) is 73.4 Å². The molecule has 5 heteroatoms. The number of carbonyl (C=O) groups excluding carboxylic acids is 1. The number of aromatic nitrogens is 1. The first-order chi connectivity index (χ1) is 9.66. The van der Waals surface area contributed by atoms with Crippen molar-refractivity contribution < 1.29 is 14.7 Å². The molecule has 0 spiro atoms. The van der Waals surface area contributed by atoms with Crippen LogP contribution in [0.5, 0.6) is 0 Å². The van der Waals surface area contributed by atoms with E-state index in [1.54, 1.807) is 0 Å². The molecule has 2 aliphatic rings. The number of hydrogen-bond acceptors (Lipinski definition) is 2. The van der Waals surface area contributed by atoms with Crippen molar-refractivity contribution in [1.29, 1.82) is 0 Å². The summed E-state index contributed by atoms with van der Waals surface area (Å²) in [6.45, 7) is 0.788. The number of hydrogen-bond donors (Lipinski definition) is 2. The van der Waals surface area contributed by atoms with Gasteiger partial charge in [-0.15, -0.1) is 0 Å². The minimum atomic E-state index is -0.761. The Kier molecular flexibility index (Phi) is 3.51. The second-order valence-electron chi connectivity index (χ2n) is 5.86. The second-order valence-corrected chi connectivity index (χ2v) is 5.86. The summed E-state index contributed by atoms with van der Waals surface area (Å²) in [4.78, 5) is 28.8. The lowest BCUT2D eigenvalue weighted by atomic mass is 10.0. The van der Waals surface area contributed by atoms with Gasteiger partial charge in [-0.1, -0.05) is 0 Å². The molecule has 1 saturated heterocycles. The standard InChI is InChI=1S/C15H20N2O3/c18-14(10-5-6-11(9-10)15(19)20)17-8-2-4-13(17)12-3-1-7-16-12/h1,3,7,10-11,13,16H,2,4-6,8-9H2,(H,19,20)/t10-,11+,13?/m1/s1. The number of likely N-dealkylation sites (tertiary alicyclic amines) is 1. The van der Waals surface area contributed by atoms with Crippen molar-refractivity contribution in [2.75, 3.05) is 6.54 Å². The summed E-state index contributed by atoms with van der Waals surface area (Å²) in [5, 5.41) is 9.05. The van der Waals surface area contributed by atoms with Gasteiger partial charge in [0.25, 0.3) is 0 Å². The van der Waals surface area contributed by atoms with Gasteiger partial charge < -0.3 is 15.0 Å². The van der Waals surface area contributed by atoms with E-state index in [0.717, 1.165) is 25.1 Å². The fourth-order valence-electron chi connectivity index (χ4n) is 3.57. The minimum absolute atomic E-state index is 0.105. The second kappa shape index (κ2) is 5.31. The SMILES string of the molecule is O=C(O)[C@H]1CC[C@@H](C(=O)N2CCCC2c2ccc[nH]2)C1. The Morgan fingerprint density at radius 2 is 2.05 bits per heavy atom. The van der Waals surface area contributed by atoms with Crippen LogP contribution in [0.15, 0.2) is 18.3 Å². The van der Waals surface area contributed by atoms with Crippen LogP contribution in [0.4, 0.5) is 0 Å². The molecular weight excluding hydrogens is 256 g/mol. The molecule has 2 heterocycles. The van der Waals surface area contributed by atoms with Gasteiger partial charge in [0, 0.05) is 24.4 Å². The molecule has 3 atom stereocenters. The van der Waals surface area contributed by atoms with Crippen molar-refractivity contribution in [2.45, 2.75) is 38.1 Å². The first kappa shape index (κ1) is 13.2. The lowest BCUT2D eigenvalue weighted by Gasteiger charge is -2.27. The largest absolute Gasteiger partial charge is 0.481 e. The van der Waals surface area contributed by atoms with Crippen molar-refractivity contribution in [3.63, 3.8) is 0 Å². The normalized spacial score (nSPS) is 29.8. The number of carboxylic acid groups (broad SMARTS) is 1. The molecule has 2 fully saturated rings. The molecule has 0 bridgehead atoms. The highest BCUT2D eigenvalue weighted by molar-refractivity contribution is 5.81. The molecule has 1 aliphatic heterocycles. The van der Waals surface area contributed by atoms with E-state index < -0.39 is 5.97 Å². The van der Waals surface area contributed by atoms with E-state index in [0.29, 0.717) is 19.3 Å². The monoisotopic (exact) mass is 276 g/mol. The molecule has 108 valence electrons. The van der Waals surface area contributed by atoms with Crippen LogP contribution in [-0.2, 0) is 9.59 Å². The van der Waals surface area contributed by atoms with E-state index in [-0.39, 0.29) is 23.8 Å². The number of nitrogens with one attached hydrogen (secondary N) is 1. The quantitative estimate of drug-likeness (QED) is 0.888. The summed E-state index contributed by atoms with van der Waals surface area (Å²) < 4.78 is 0. The maximum atomic E-state index is 12.6. The summed E-state index contributed by atoms with van der Waals surface area (Å²) in [7, 11) is 0. The zero-order valence-electron chi connectivity index (χ0n) is 11.4. The van der Waals surface area contributed by atoms with Crippen molar-refractivity contribution in [3.8, 4) is 0 Å². The average molecular weight is 276 g/mol. The molecule has 1 unspecified atom stereocenters. The zero-order valence-corrected chi connectivity index (χ0v) is 11.4. The molecule has 20 heavy (non-hydrogen) atoms. The molecule has 3 rings (SSSR count). The summed E-state index contributed by atoms with van der Waals surface area (Å²) in [5.41, 5.74) is 1.09. The van der Waals surface area contributed by atoms with E-state index in [4.69, 9.17) is 5.11 Å². The molecular formula is C15H20N2O3. The van der Waals surface area contributed by atoms with Crippen molar-refractivity contribution in [1.82, 2.24) is 9.88 Å². The third-order valence-corrected chi connectivity index (χ3v) is 4.65. The lowest BCUT2D eigenvalue weighted by Crippen LogP contribution is -2.35. The Labute approximate surface area is 118 Å². The molecule has 1 aromatic heterocycles. The van der Waals surface area contributed by atoms with E-state index in [2.05, 4.69) is 4.98 Å². The molecule has 1 aliphatic carbocycles. The van der Waals surface area contributed by atoms with Crippen molar-refractivity contribution in [3.05, 3.63) is 24.0 Å². The van der Waals surface area contributed by atoms with Crippen LogP contribution in [0, 0.1) is 11.8 Å². The Hall–Kier alpha value is -1.78. The third kappa shape index (κ3) is 2.32. The van der Waals surface area contributed by atoms with Gasteiger partial charge in [0.1, 0.15) is 0 Å². The number of aliphatic carboxylic acids is 1. The number of aromatic amines is 1. The Morgan fingerprint density at radius 1 is 1.25 bits per heavy atom. The maximum absolute atomic E-state index is 12.6. The van der Waals surface area contributed by atoms with Crippen LogP contribution in [0.3, 0.4) is 0 Å². The van der Waals surface area contributed by atoms with Gasteiger partial charge in [-0.25, -0.2) is 0 Å². The number of carbonyl (C=O) groups is 2. The first-order valence-corrected chi connectivity index (χ1v) is 7.33. The molecule has 2 N–H and O–H groups in total. The van der Waals surface area contributed by atoms with E-state index in [9.17, 15) is 9.59 Å². The number of nitrogens with zero attached hydrogens (tertiary/aromatic N) is 1. The van der Waals surface area contributed by atoms with Gasteiger partial charge in [-0.3, -0.25) is 9.59 Å².